The summed E-state index contributed by atoms with van der Waals surface area (Å²) in [6.45, 7) is 0. The molecule has 140 valence electrons. The fraction of sp³-hybridized carbons (Fsp3) is 0.286. The summed E-state index contributed by atoms with van der Waals surface area (Å²) in [5.41, 5.74) is 3.89. The Balaban J connectivity index is 1.53. The molecule has 0 aromatic heterocycles. The molecule has 0 unspecified atom stereocenters. The first-order valence-electron chi connectivity index (χ1n) is 9.03. The average molecular weight is 429 g/mol. The van der Waals surface area contributed by atoms with Crippen LogP contribution in [-0.4, -0.2) is 18.1 Å². The molecule has 1 amide bonds. The lowest BCUT2D eigenvalue weighted by Crippen LogP contribution is -2.28. The van der Waals surface area contributed by atoms with Crippen LogP contribution in [0.3, 0.4) is 0 Å². The van der Waals surface area contributed by atoms with E-state index in [1.807, 2.05) is 6.07 Å². The fourth-order valence-electron chi connectivity index (χ4n) is 3.04. The molecule has 2 aromatic rings. The number of carbonyl (C=O) groups is 2. The van der Waals surface area contributed by atoms with Gasteiger partial charge in [0.1, 0.15) is 5.75 Å². The van der Waals surface area contributed by atoms with E-state index in [-0.39, 0.29) is 11.8 Å². The van der Waals surface area contributed by atoms with Gasteiger partial charge in [-0.15, -0.1) is 0 Å². The van der Waals surface area contributed by atoms with Crippen molar-refractivity contribution in [3.63, 3.8) is 0 Å². The Hall–Kier alpha value is -2.47. The van der Waals surface area contributed by atoms with Crippen molar-refractivity contribution >= 4 is 34.0 Å². The number of esters is 1. The monoisotopic (exact) mass is 428 g/mol. The molecule has 2 aromatic carbocycles. The van der Waals surface area contributed by atoms with Crippen molar-refractivity contribution in [1.29, 1.82) is 0 Å². The number of nitrogens with one attached hydrogen (secondary N) is 1. The summed E-state index contributed by atoms with van der Waals surface area (Å²) < 4.78 is 6.06. The second-order valence-corrected chi connectivity index (χ2v) is 7.36. The maximum Gasteiger partial charge on any atom is 0.344 e. The van der Waals surface area contributed by atoms with Crippen LogP contribution in [0.5, 0.6) is 5.75 Å². The number of rotatable bonds is 5. The van der Waals surface area contributed by atoms with Crippen molar-refractivity contribution < 1.29 is 14.3 Å². The van der Waals surface area contributed by atoms with Crippen LogP contribution in [0.2, 0.25) is 0 Å². The maximum atomic E-state index is 12.2. The molecule has 1 N–H and O–H groups in total. The Morgan fingerprint density at radius 2 is 1.74 bits per heavy atom. The Bertz CT molecular complexity index is 828. The van der Waals surface area contributed by atoms with Crippen LogP contribution in [0.1, 0.15) is 48.0 Å². The summed E-state index contributed by atoms with van der Waals surface area (Å²) in [4.78, 5) is 24.2. The van der Waals surface area contributed by atoms with Gasteiger partial charge in [-0.3, -0.25) is 4.79 Å². The molecule has 0 heterocycles. The summed E-state index contributed by atoms with van der Waals surface area (Å²) in [5, 5.41) is 4.03. The predicted molar refractivity (Wildman–Crippen MR) is 108 cm³/mol. The van der Waals surface area contributed by atoms with Gasteiger partial charge in [0.05, 0.1) is 11.8 Å². The topological polar surface area (TPSA) is 67.8 Å². The van der Waals surface area contributed by atoms with Crippen LogP contribution in [0, 0.1) is 5.92 Å². The molecule has 5 nitrogen and oxygen atoms in total. The summed E-state index contributed by atoms with van der Waals surface area (Å²) in [6, 6.07) is 14.0. The SMILES string of the molecule is O=C(Oc1ccc(/C=N\NC(=O)C2CCCCC2)cc1)c1ccccc1Br. The number of hydrogen-bond donors (Lipinski definition) is 1. The molecule has 1 fully saturated rings. The van der Waals surface area contributed by atoms with Gasteiger partial charge in [-0.05, 0) is 70.7 Å². The van der Waals surface area contributed by atoms with Crippen LogP contribution < -0.4 is 10.2 Å². The summed E-state index contributed by atoms with van der Waals surface area (Å²) in [5.74, 6) is 0.0859. The van der Waals surface area contributed by atoms with Gasteiger partial charge in [0, 0.05) is 10.4 Å². The molecule has 1 saturated carbocycles. The van der Waals surface area contributed by atoms with Gasteiger partial charge in [0.25, 0.3) is 0 Å². The van der Waals surface area contributed by atoms with Gasteiger partial charge in [0.2, 0.25) is 5.91 Å². The minimum absolute atomic E-state index is 0.00932. The largest absolute Gasteiger partial charge is 0.423 e. The number of nitrogens with zero attached hydrogens (tertiary/aromatic N) is 1. The van der Waals surface area contributed by atoms with Crippen molar-refractivity contribution in [2.45, 2.75) is 32.1 Å². The third kappa shape index (κ3) is 5.50. The second kappa shape index (κ2) is 9.46. The molecule has 0 aliphatic heterocycles. The quantitative estimate of drug-likeness (QED) is 0.324. The van der Waals surface area contributed by atoms with Crippen LogP contribution in [0.25, 0.3) is 0 Å². The summed E-state index contributed by atoms with van der Waals surface area (Å²) in [6.07, 6.45) is 6.91. The highest BCUT2D eigenvalue weighted by Gasteiger charge is 2.20. The number of hydrazone groups is 1. The number of amides is 1. The van der Waals surface area contributed by atoms with E-state index < -0.39 is 5.97 Å². The van der Waals surface area contributed by atoms with Gasteiger partial charge >= 0.3 is 5.97 Å². The van der Waals surface area contributed by atoms with E-state index >= 15 is 0 Å². The standard InChI is InChI=1S/C21H21BrN2O3/c22-19-9-5-4-8-18(19)21(26)27-17-12-10-15(11-13-17)14-23-24-20(25)16-6-2-1-3-7-16/h4-5,8-14,16H,1-3,6-7H2,(H,24,25)/b23-14-. The number of halogens is 1. The number of benzene rings is 2. The first-order valence-corrected chi connectivity index (χ1v) is 9.82. The molecule has 0 spiro atoms. The molecule has 6 heteroatoms. The van der Waals surface area contributed by atoms with E-state index in [4.69, 9.17) is 4.74 Å². The van der Waals surface area contributed by atoms with Crippen molar-refractivity contribution in [1.82, 2.24) is 5.43 Å². The lowest BCUT2D eigenvalue weighted by molar-refractivity contribution is -0.125. The zero-order valence-electron chi connectivity index (χ0n) is 14.9. The normalized spacial score (nSPS) is 14.9. The van der Waals surface area contributed by atoms with E-state index in [0.717, 1.165) is 31.2 Å². The van der Waals surface area contributed by atoms with Gasteiger partial charge in [-0.1, -0.05) is 31.4 Å². The Morgan fingerprint density at radius 3 is 2.44 bits per heavy atom. The van der Waals surface area contributed by atoms with Crippen molar-refractivity contribution in [2.75, 3.05) is 0 Å². The predicted octanol–water partition coefficient (Wildman–Crippen LogP) is 4.70. The fourth-order valence-corrected chi connectivity index (χ4v) is 3.48. The lowest BCUT2D eigenvalue weighted by atomic mass is 9.89. The van der Waals surface area contributed by atoms with Crippen LogP contribution in [0.4, 0.5) is 0 Å². The van der Waals surface area contributed by atoms with Gasteiger partial charge < -0.3 is 4.74 Å². The Morgan fingerprint density at radius 1 is 1.04 bits per heavy atom. The third-order valence-electron chi connectivity index (χ3n) is 4.55. The zero-order valence-corrected chi connectivity index (χ0v) is 16.4. The zero-order chi connectivity index (χ0) is 19.1. The first kappa shape index (κ1) is 19.3. The highest BCUT2D eigenvalue weighted by Crippen LogP contribution is 2.23. The van der Waals surface area contributed by atoms with Gasteiger partial charge in [-0.25, -0.2) is 10.2 Å². The van der Waals surface area contributed by atoms with E-state index in [1.54, 1.807) is 48.7 Å². The second-order valence-electron chi connectivity index (χ2n) is 6.51. The smallest absolute Gasteiger partial charge is 0.344 e. The van der Waals surface area contributed by atoms with Crippen LogP contribution >= 0.6 is 15.9 Å². The minimum Gasteiger partial charge on any atom is -0.423 e. The first-order chi connectivity index (χ1) is 13.1. The number of hydrogen-bond acceptors (Lipinski definition) is 4. The van der Waals surface area contributed by atoms with E-state index in [1.165, 1.54) is 6.42 Å². The molecule has 3 rings (SSSR count). The van der Waals surface area contributed by atoms with Gasteiger partial charge in [0.15, 0.2) is 0 Å². The molecule has 0 bridgehead atoms. The van der Waals surface area contributed by atoms with Crippen LogP contribution in [-0.2, 0) is 4.79 Å². The minimum atomic E-state index is -0.427. The van der Waals surface area contributed by atoms with Crippen molar-refractivity contribution in [2.24, 2.45) is 11.0 Å². The molecular formula is C21H21BrN2O3. The maximum absolute atomic E-state index is 12.2. The highest BCUT2D eigenvalue weighted by atomic mass is 79.9. The molecule has 0 radical (unpaired) electrons. The molecule has 0 atom stereocenters. The van der Waals surface area contributed by atoms with E-state index in [2.05, 4.69) is 26.5 Å². The molecule has 1 aliphatic rings. The summed E-state index contributed by atoms with van der Waals surface area (Å²) in [7, 11) is 0. The third-order valence-corrected chi connectivity index (χ3v) is 5.24. The molecular weight excluding hydrogens is 408 g/mol. The lowest BCUT2D eigenvalue weighted by Gasteiger charge is -2.19. The van der Waals surface area contributed by atoms with Gasteiger partial charge in [-0.2, -0.15) is 5.10 Å². The number of carbonyl (C=O) groups excluding carboxylic acids is 2. The molecule has 1 aliphatic carbocycles. The Kier molecular flexibility index (Phi) is 6.76. The van der Waals surface area contributed by atoms with Crippen LogP contribution in [0.15, 0.2) is 58.1 Å². The molecule has 27 heavy (non-hydrogen) atoms. The van der Waals surface area contributed by atoms with Crippen molar-refractivity contribution in [3.8, 4) is 5.75 Å². The Labute approximate surface area is 166 Å². The molecule has 0 saturated heterocycles. The highest BCUT2D eigenvalue weighted by molar-refractivity contribution is 9.10. The van der Waals surface area contributed by atoms with E-state index in [9.17, 15) is 9.59 Å². The average Bonchev–Trinajstić information content (AvgIpc) is 2.70. The summed E-state index contributed by atoms with van der Waals surface area (Å²) >= 11 is 3.34. The van der Waals surface area contributed by atoms with E-state index in [0.29, 0.717) is 15.8 Å². The van der Waals surface area contributed by atoms with Crippen molar-refractivity contribution in [3.05, 3.63) is 64.1 Å². The number of ether oxygens (including phenoxy) is 1.